The van der Waals surface area contributed by atoms with Gasteiger partial charge in [0.15, 0.2) is 0 Å². The average molecular weight is 265 g/mol. The summed E-state index contributed by atoms with van der Waals surface area (Å²) >= 11 is 0. The molecule has 0 radical (unpaired) electrons. The van der Waals surface area contributed by atoms with E-state index in [1.165, 1.54) is 32.4 Å². The standard InChI is InChI=1S/C15H27N3O/c1-12(19)17-10-14-9-16(13-5-4-6-13)7-8-18(14)15(2,3)11-17/h13-14H,4-11H2,1-3H3/t14-/m0/s1. The van der Waals surface area contributed by atoms with E-state index in [9.17, 15) is 4.79 Å². The van der Waals surface area contributed by atoms with Crippen molar-refractivity contribution >= 4 is 5.91 Å². The molecule has 0 aromatic carbocycles. The van der Waals surface area contributed by atoms with E-state index in [4.69, 9.17) is 0 Å². The largest absolute Gasteiger partial charge is 0.339 e. The van der Waals surface area contributed by atoms with E-state index in [1.54, 1.807) is 6.92 Å². The molecule has 2 aliphatic heterocycles. The molecule has 1 saturated carbocycles. The number of hydrogen-bond donors (Lipinski definition) is 0. The fraction of sp³-hybridized carbons (Fsp3) is 0.933. The topological polar surface area (TPSA) is 26.8 Å². The number of hydrogen-bond acceptors (Lipinski definition) is 3. The van der Waals surface area contributed by atoms with Gasteiger partial charge in [-0.25, -0.2) is 0 Å². The van der Waals surface area contributed by atoms with E-state index >= 15 is 0 Å². The van der Waals surface area contributed by atoms with Gasteiger partial charge in [-0.2, -0.15) is 0 Å². The molecule has 3 rings (SSSR count). The molecule has 0 N–H and O–H groups in total. The van der Waals surface area contributed by atoms with Crippen molar-refractivity contribution in [3.63, 3.8) is 0 Å². The Balaban J connectivity index is 1.71. The minimum absolute atomic E-state index is 0.125. The van der Waals surface area contributed by atoms with Gasteiger partial charge in [0.2, 0.25) is 5.91 Å². The monoisotopic (exact) mass is 265 g/mol. The Hall–Kier alpha value is -0.610. The van der Waals surface area contributed by atoms with E-state index in [1.807, 2.05) is 4.90 Å². The van der Waals surface area contributed by atoms with Crippen molar-refractivity contribution in [3.05, 3.63) is 0 Å². The summed E-state index contributed by atoms with van der Waals surface area (Å²) in [6.45, 7) is 11.6. The molecule has 0 bridgehead atoms. The molecule has 0 aromatic rings. The number of nitrogens with zero attached hydrogens (tertiary/aromatic N) is 3. The predicted molar refractivity (Wildman–Crippen MR) is 76.0 cm³/mol. The summed E-state index contributed by atoms with van der Waals surface area (Å²) in [6.07, 6.45) is 4.17. The predicted octanol–water partition coefficient (Wildman–Crippen LogP) is 1.17. The highest BCUT2D eigenvalue weighted by atomic mass is 16.2. The lowest BCUT2D eigenvalue weighted by atomic mass is 9.88. The maximum atomic E-state index is 11.7. The molecule has 3 fully saturated rings. The highest BCUT2D eigenvalue weighted by molar-refractivity contribution is 5.73. The molecular formula is C15H27N3O. The maximum absolute atomic E-state index is 11.7. The molecule has 2 heterocycles. The van der Waals surface area contributed by atoms with Gasteiger partial charge >= 0.3 is 0 Å². The normalized spacial score (nSPS) is 32.8. The van der Waals surface area contributed by atoms with Crippen LogP contribution in [0.5, 0.6) is 0 Å². The number of fused-ring (bicyclic) bond motifs is 1. The van der Waals surface area contributed by atoms with Crippen LogP contribution < -0.4 is 0 Å². The first-order valence-corrected chi connectivity index (χ1v) is 7.74. The van der Waals surface area contributed by atoms with Crippen molar-refractivity contribution in [1.82, 2.24) is 14.7 Å². The third-order valence-corrected chi connectivity index (χ3v) is 5.34. The second kappa shape index (κ2) is 4.74. The van der Waals surface area contributed by atoms with Gasteiger partial charge in [-0.05, 0) is 26.7 Å². The van der Waals surface area contributed by atoms with Crippen LogP contribution in [0.25, 0.3) is 0 Å². The summed E-state index contributed by atoms with van der Waals surface area (Å²) in [5.41, 5.74) is 0.125. The van der Waals surface area contributed by atoms with Crippen LogP contribution in [-0.2, 0) is 4.79 Å². The summed E-state index contributed by atoms with van der Waals surface area (Å²) in [6, 6.07) is 1.36. The summed E-state index contributed by atoms with van der Waals surface area (Å²) < 4.78 is 0. The third kappa shape index (κ3) is 2.40. The van der Waals surface area contributed by atoms with E-state index < -0.39 is 0 Å². The van der Waals surface area contributed by atoms with Crippen LogP contribution in [0.4, 0.5) is 0 Å². The molecule has 4 heteroatoms. The van der Waals surface area contributed by atoms with Crippen LogP contribution in [0.15, 0.2) is 0 Å². The highest BCUT2D eigenvalue weighted by Crippen LogP contribution is 2.32. The molecule has 2 saturated heterocycles. The zero-order valence-electron chi connectivity index (χ0n) is 12.6. The summed E-state index contributed by atoms with van der Waals surface area (Å²) in [7, 11) is 0. The molecule has 19 heavy (non-hydrogen) atoms. The molecule has 0 aromatic heterocycles. The Kier molecular flexibility index (Phi) is 3.34. The Bertz CT molecular complexity index is 364. The van der Waals surface area contributed by atoms with Crippen LogP contribution in [0.3, 0.4) is 0 Å². The molecular weight excluding hydrogens is 238 g/mol. The first-order valence-electron chi connectivity index (χ1n) is 7.74. The number of amides is 1. The fourth-order valence-corrected chi connectivity index (χ4v) is 4.03. The minimum atomic E-state index is 0.125. The SMILES string of the molecule is CC(=O)N1C[C@@H]2CN(C3CCC3)CCN2C(C)(C)C1. The summed E-state index contributed by atoms with van der Waals surface area (Å²) in [4.78, 5) is 19.1. The number of rotatable bonds is 1. The van der Waals surface area contributed by atoms with Crippen molar-refractivity contribution in [3.8, 4) is 0 Å². The van der Waals surface area contributed by atoms with Gasteiger partial charge < -0.3 is 4.90 Å². The Labute approximate surface area is 116 Å². The smallest absolute Gasteiger partial charge is 0.219 e. The highest BCUT2D eigenvalue weighted by Gasteiger charge is 2.44. The average Bonchev–Trinajstić information content (AvgIpc) is 2.25. The van der Waals surface area contributed by atoms with Crippen LogP contribution in [0.2, 0.25) is 0 Å². The molecule has 108 valence electrons. The van der Waals surface area contributed by atoms with Crippen molar-refractivity contribution < 1.29 is 4.79 Å². The Morgan fingerprint density at radius 2 is 1.84 bits per heavy atom. The van der Waals surface area contributed by atoms with E-state index in [0.29, 0.717) is 6.04 Å². The zero-order valence-corrected chi connectivity index (χ0v) is 12.6. The molecule has 1 aliphatic carbocycles. The quantitative estimate of drug-likeness (QED) is 0.712. The second-order valence-electron chi connectivity index (χ2n) is 7.14. The van der Waals surface area contributed by atoms with Crippen molar-refractivity contribution in [2.75, 3.05) is 32.7 Å². The molecule has 0 unspecified atom stereocenters. The van der Waals surface area contributed by atoms with Crippen LogP contribution in [0.1, 0.15) is 40.0 Å². The summed E-state index contributed by atoms with van der Waals surface area (Å²) in [5.74, 6) is 0.230. The first-order chi connectivity index (χ1) is 8.97. The maximum Gasteiger partial charge on any atom is 0.219 e. The lowest BCUT2D eigenvalue weighted by molar-refractivity contribution is -0.140. The van der Waals surface area contributed by atoms with Gasteiger partial charge in [0.05, 0.1) is 0 Å². The van der Waals surface area contributed by atoms with Gasteiger partial charge in [0.25, 0.3) is 0 Å². The molecule has 0 spiro atoms. The Morgan fingerprint density at radius 3 is 2.42 bits per heavy atom. The number of carbonyl (C=O) groups is 1. The third-order valence-electron chi connectivity index (χ3n) is 5.34. The Morgan fingerprint density at radius 1 is 1.11 bits per heavy atom. The fourth-order valence-electron chi connectivity index (χ4n) is 4.03. The van der Waals surface area contributed by atoms with Gasteiger partial charge in [-0.1, -0.05) is 6.42 Å². The second-order valence-corrected chi connectivity index (χ2v) is 7.14. The van der Waals surface area contributed by atoms with Gasteiger partial charge in [-0.15, -0.1) is 0 Å². The van der Waals surface area contributed by atoms with E-state index in [2.05, 4.69) is 23.6 Å². The molecule has 3 aliphatic rings. The number of piperazine rings is 2. The van der Waals surface area contributed by atoms with Gasteiger partial charge in [0, 0.05) is 57.3 Å². The van der Waals surface area contributed by atoms with Gasteiger partial charge in [0.1, 0.15) is 0 Å². The minimum Gasteiger partial charge on any atom is -0.339 e. The molecule has 1 atom stereocenters. The molecule has 1 amide bonds. The van der Waals surface area contributed by atoms with Gasteiger partial charge in [-0.3, -0.25) is 14.6 Å². The van der Waals surface area contributed by atoms with Crippen molar-refractivity contribution in [2.45, 2.75) is 57.7 Å². The van der Waals surface area contributed by atoms with Crippen LogP contribution in [-0.4, -0.2) is 71.0 Å². The first kappa shape index (κ1) is 13.4. The summed E-state index contributed by atoms with van der Waals surface area (Å²) in [5, 5.41) is 0. The lowest BCUT2D eigenvalue weighted by Crippen LogP contribution is -2.71. The van der Waals surface area contributed by atoms with Crippen molar-refractivity contribution in [2.24, 2.45) is 0 Å². The van der Waals surface area contributed by atoms with Crippen molar-refractivity contribution in [1.29, 1.82) is 0 Å². The van der Waals surface area contributed by atoms with E-state index in [-0.39, 0.29) is 11.4 Å². The number of carbonyl (C=O) groups excluding carboxylic acids is 1. The zero-order chi connectivity index (χ0) is 13.6. The lowest BCUT2D eigenvalue weighted by Gasteiger charge is -2.57. The molecule has 4 nitrogen and oxygen atoms in total. The van der Waals surface area contributed by atoms with E-state index in [0.717, 1.165) is 25.7 Å². The van der Waals surface area contributed by atoms with Crippen LogP contribution in [0, 0.1) is 0 Å². The van der Waals surface area contributed by atoms with Crippen LogP contribution >= 0.6 is 0 Å².